The number of piperidine rings is 1. The van der Waals surface area contributed by atoms with E-state index in [2.05, 4.69) is 22.6 Å². The summed E-state index contributed by atoms with van der Waals surface area (Å²) in [5.41, 5.74) is 3.25. The van der Waals surface area contributed by atoms with E-state index in [1.54, 1.807) is 0 Å². The number of fused-ring (bicyclic) bond motifs is 1. The van der Waals surface area contributed by atoms with Gasteiger partial charge in [0.15, 0.2) is 0 Å². The highest BCUT2D eigenvalue weighted by molar-refractivity contribution is 5.85. The van der Waals surface area contributed by atoms with Crippen molar-refractivity contribution in [1.29, 1.82) is 5.26 Å². The number of benzene rings is 1. The topological polar surface area (TPSA) is 92.1 Å². The molecule has 0 spiro atoms. The van der Waals surface area contributed by atoms with Gasteiger partial charge in [0.05, 0.1) is 11.6 Å². The van der Waals surface area contributed by atoms with Crippen molar-refractivity contribution >= 4 is 10.9 Å². The number of aliphatic hydroxyl groups is 2. The minimum absolute atomic E-state index is 0.624. The van der Waals surface area contributed by atoms with Crippen molar-refractivity contribution in [3.63, 3.8) is 0 Å². The van der Waals surface area contributed by atoms with Gasteiger partial charge in [-0.25, -0.2) is 0 Å². The third-order valence-electron chi connectivity index (χ3n) is 3.62. The number of hydrogen-bond donors (Lipinski definition) is 4. The predicted octanol–water partition coefficient (Wildman–Crippen LogP) is 1.72. The van der Waals surface area contributed by atoms with Gasteiger partial charge in [0, 0.05) is 31.3 Å². The minimum atomic E-state index is 0.624. The highest BCUT2D eigenvalue weighted by Gasteiger charge is 2.18. The van der Waals surface area contributed by atoms with Crippen molar-refractivity contribution in [2.45, 2.75) is 18.8 Å². The fraction of sp³-hybridized carbons (Fsp3) is 0.438. The first-order chi connectivity index (χ1) is 10.4. The van der Waals surface area contributed by atoms with Crippen LogP contribution in [0.1, 0.15) is 29.9 Å². The lowest BCUT2D eigenvalue weighted by Crippen LogP contribution is -2.26. The van der Waals surface area contributed by atoms with Gasteiger partial charge in [-0.05, 0) is 55.6 Å². The molecule has 0 atom stereocenters. The predicted molar refractivity (Wildman–Crippen MR) is 84.1 cm³/mol. The highest BCUT2D eigenvalue weighted by Crippen LogP contribution is 2.31. The Labute approximate surface area is 125 Å². The number of H-pyrrole nitrogens is 1. The third-order valence-corrected chi connectivity index (χ3v) is 3.62. The van der Waals surface area contributed by atoms with Crippen LogP contribution in [0.25, 0.3) is 10.9 Å². The van der Waals surface area contributed by atoms with Crippen LogP contribution in [0.2, 0.25) is 0 Å². The maximum absolute atomic E-state index is 8.97. The van der Waals surface area contributed by atoms with Gasteiger partial charge in [0.25, 0.3) is 0 Å². The summed E-state index contributed by atoms with van der Waals surface area (Å²) in [5, 5.41) is 27.6. The van der Waals surface area contributed by atoms with E-state index in [9.17, 15) is 0 Å². The molecule has 2 aromatic rings. The Morgan fingerprint density at radius 2 is 1.81 bits per heavy atom. The second-order valence-electron chi connectivity index (χ2n) is 4.64. The number of nitrogens with zero attached hydrogens (tertiary/aromatic N) is 1. The molecule has 0 unspecified atom stereocenters. The molecule has 1 fully saturated rings. The van der Waals surface area contributed by atoms with Crippen molar-refractivity contribution in [2.24, 2.45) is 0 Å². The quantitative estimate of drug-likeness (QED) is 0.643. The Morgan fingerprint density at radius 3 is 2.43 bits per heavy atom. The summed E-state index contributed by atoms with van der Waals surface area (Å²) in [5.74, 6) is 0.624. The number of aliphatic hydroxyl groups excluding tert-OH is 2. The average Bonchev–Trinajstić information content (AvgIpc) is 3.02. The summed E-state index contributed by atoms with van der Waals surface area (Å²) >= 11 is 0. The lowest BCUT2D eigenvalue weighted by Gasteiger charge is -2.22. The molecular formula is C16H23N3O2. The van der Waals surface area contributed by atoms with Gasteiger partial charge in [-0.15, -0.1) is 0 Å². The Morgan fingerprint density at radius 1 is 1.14 bits per heavy atom. The van der Waals surface area contributed by atoms with E-state index in [1.165, 1.54) is 23.8 Å². The maximum atomic E-state index is 8.97. The summed E-state index contributed by atoms with van der Waals surface area (Å²) in [6.45, 7) is 2.19. The van der Waals surface area contributed by atoms with Crippen molar-refractivity contribution < 1.29 is 10.2 Å². The summed E-state index contributed by atoms with van der Waals surface area (Å²) in [7, 11) is 2.00. The molecule has 1 aromatic carbocycles. The van der Waals surface area contributed by atoms with Crippen LogP contribution >= 0.6 is 0 Å². The van der Waals surface area contributed by atoms with Crippen LogP contribution in [-0.2, 0) is 0 Å². The molecule has 21 heavy (non-hydrogen) atoms. The van der Waals surface area contributed by atoms with Crippen molar-refractivity contribution in [2.75, 3.05) is 27.3 Å². The van der Waals surface area contributed by atoms with Gasteiger partial charge < -0.3 is 20.5 Å². The molecule has 3 rings (SSSR count). The Hall–Kier alpha value is -1.87. The summed E-state index contributed by atoms with van der Waals surface area (Å²) in [4.78, 5) is 3.31. The molecule has 1 aliphatic rings. The molecule has 1 aromatic heterocycles. The van der Waals surface area contributed by atoms with E-state index in [0.717, 1.165) is 38.4 Å². The minimum Gasteiger partial charge on any atom is -0.400 e. The molecule has 0 radical (unpaired) electrons. The van der Waals surface area contributed by atoms with Crippen LogP contribution in [0.3, 0.4) is 0 Å². The zero-order valence-electron chi connectivity index (χ0n) is 12.6. The number of hydrogen-bond acceptors (Lipinski definition) is 4. The van der Waals surface area contributed by atoms with Crippen LogP contribution in [0, 0.1) is 11.3 Å². The monoisotopic (exact) mass is 289 g/mol. The second-order valence-corrected chi connectivity index (χ2v) is 4.64. The standard InChI is InChI=1S/C14H15N3.2CH4O/c15-8-10-1-2-14-12(7-10)13(9-17-14)11-3-5-16-6-4-11;2*1-2/h1-2,7,9,11,16-17H,3-6H2;2*2H,1H3. The molecule has 1 saturated heterocycles. The van der Waals surface area contributed by atoms with Crippen LogP contribution < -0.4 is 5.32 Å². The molecule has 2 heterocycles. The molecule has 0 saturated carbocycles. The highest BCUT2D eigenvalue weighted by atomic mass is 16.2. The molecule has 0 bridgehead atoms. The lowest BCUT2D eigenvalue weighted by atomic mass is 9.90. The van der Waals surface area contributed by atoms with E-state index < -0.39 is 0 Å². The Bertz CT molecular complexity index is 581. The summed E-state index contributed by atoms with van der Waals surface area (Å²) < 4.78 is 0. The number of nitrogens with one attached hydrogen (secondary N) is 2. The molecule has 1 aliphatic heterocycles. The van der Waals surface area contributed by atoms with Crippen molar-refractivity contribution in [3.05, 3.63) is 35.5 Å². The fourth-order valence-corrected chi connectivity index (χ4v) is 2.68. The van der Waals surface area contributed by atoms with Gasteiger partial charge in [-0.3, -0.25) is 0 Å². The molecule has 0 aliphatic carbocycles. The first-order valence-corrected chi connectivity index (χ1v) is 7.00. The van der Waals surface area contributed by atoms with Gasteiger partial charge in [0.2, 0.25) is 0 Å². The molecule has 4 N–H and O–H groups in total. The van der Waals surface area contributed by atoms with Crippen molar-refractivity contribution in [3.8, 4) is 6.07 Å². The first kappa shape index (κ1) is 17.2. The van der Waals surface area contributed by atoms with Gasteiger partial charge in [0.1, 0.15) is 0 Å². The van der Waals surface area contributed by atoms with Crippen LogP contribution in [0.15, 0.2) is 24.4 Å². The molecule has 5 nitrogen and oxygen atoms in total. The maximum Gasteiger partial charge on any atom is 0.0991 e. The van der Waals surface area contributed by atoms with E-state index in [1.807, 2.05) is 18.2 Å². The van der Waals surface area contributed by atoms with Crippen LogP contribution in [0.5, 0.6) is 0 Å². The largest absolute Gasteiger partial charge is 0.400 e. The third kappa shape index (κ3) is 4.05. The van der Waals surface area contributed by atoms with Crippen molar-refractivity contribution in [1.82, 2.24) is 10.3 Å². The molecular weight excluding hydrogens is 266 g/mol. The number of aromatic nitrogens is 1. The zero-order valence-corrected chi connectivity index (χ0v) is 12.6. The Kier molecular flexibility index (Phi) is 7.48. The van der Waals surface area contributed by atoms with E-state index in [0.29, 0.717) is 5.92 Å². The number of aromatic amines is 1. The average molecular weight is 289 g/mol. The second kappa shape index (κ2) is 9.14. The van der Waals surface area contributed by atoms with Gasteiger partial charge in [-0.2, -0.15) is 5.26 Å². The molecule has 5 heteroatoms. The SMILES string of the molecule is CO.CO.N#Cc1ccc2[nH]cc(C3CCNCC3)c2c1. The molecule has 114 valence electrons. The van der Waals surface area contributed by atoms with Gasteiger partial charge >= 0.3 is 0 Å². The first-order valence-electron chi connectivity index (χ1n) is 7.00. The lowest BCUT2D eigenvalue weighted by molar-refractivity contribution is 0.399. The smallest absolute Gasteiger partial charge is 0.0991 e. The van der Waals surface area contributed by atoms with E-state index in [4.69, 9.17) is 15.5 Å². The molecule has 0 amide bonds. The normalized spacial score (nSPS) is 14.4. The summed E-state index contributed by atoms with van der Waals surface area (Å²) in [6, 6.07) is 8.08. The number of rotatable bonds is 1. The van der Waals surface area contributed by atoms with Crippen LogP contribution in [-0.4, -0.2) is 42.5 Å². The summed E-state index contributed by atoms with van der Waals surface area (Å²) in [6.07, 6.45) is 4.48. The van der Waals surface area contributed by atoms with E-state index in [-0.39, 0.29) is 0 Å². The fourth-order valence-electron chi connectivity index (χ4n) is 2.68. The number of nitriles is 1. The van der Waals surface area contributed by atoms with E-state index >= 15 is 0 Å². The zero-order chi connectivity index (χ0) is 15.7. The Balaban J connectivity index is 0.000000510. The van der Waals surface area contributed by atoms with Crippen LogP contribution in [0.4, 0.5) is 0 Å². The van der Waals surface area contributed by atoms with Gasteiger partial charge in [-0.1, -0.05) is 0 Å².